The summed E-state index contributed by atoms with van der Waals surface area (Å²) in [5.41, 5.74) is 0.246. The molecule has 90 valence electrons. The molecular formula is C12H10F2O3. The number of alkyl halides is 2. The van der Waals surface area contributed by atoms with Crippen LogP contribution in [0.4, 0.5) is 8.78 Å². The molecule has 0 N–H and O–H groups in total. The lowest BCUT2D eigenvalue weighted by Gasteiger charge is -2.24. The Morgan fingerprint density at radius 2 is 2.06 bits per heavy atom. The third-order valence-corrected chi connectivity index (χ3v) is 2.84. The molecule has 0 unspecified atom stereocenters. The first kappa shape index (κ1) is 11.7. The Bertz CT molecular complexity index is 495. The van der Waals surface area contributed by atoms with Gasteiger partial charge in [0.05, 0.1) is 12.7 Å². The van der Waals surface area contributed by atoms with E-state index in [1.54, 1.807) is 0 Å². The van der Waals surface area contributed by atoms with Crippen LogP contribution < -0.4 is 0 Å². The molecule has 0 radical (unpaired) electrons. The summed E-state index contributed by atoms with van der Waals surface area (Å²) in [7, 11) is 1.22. The largest absolute Gasteiger partial charge is 0.465 e. The van der Waals surface area contributed by atoms with Crippen LogP contribution in [0.25, 0.3) is 0 Å². The van der Waals surface area contributed by atoms with Crippen LogP contribution in [0.15, 0.2) is 18.2 Å². The number of carbonyl (C=O) groups is 2. The zero-order valence-electron chi connectivity index (χ0n) is 9.13. The monoisotopic (exact) mass is 240 g/mol. The number of esters is 1. The number of ketones is 1. The maximum atomic E-state index is 13.5. The first-order valence-electron chi connectivity index (χ1n) is 5.09. The van der Waals surface area contributed by atoms with Crippen molar-refractivity contribution in [1.29, 1.82) is 0 Å². The average Bonchev–Trinajstić information content (AvgIpc) is 2.33. The molecule has 1 aliphatic rings. The number of ether oxygens (including phenoxy) is 1. The van der Waals surface area contributed by atoms with Crippen molar-refractivity contribution in [3.05, 3.63) is 34.9 Å². The molecule has 1 aromatic rings. The fraction of sp³-hybridized carbons (Fsp3) is 0.333. The van der Waals surface area contributed by atoms with Crippen molar-refractivity contribution in [1.82, 2.24) is 0 Å². The molecule has 0 bridgehead atoms. The van der Waals surface area contributed by atoms with Crippen molar-refractivity contribution in [3.63, 3.8) is 0 Å². The summed E-state index contributed by atoms with van der Waals surface area (Å²) >= 11 is 0. The van der Waals surface area contributed by atoms with Gasteiger partial charge in [0.15, 0.2) is 0 Å². The van der Waals surface area contributed by atoms with E-state index in [-0.39, 0.29) is 24.0 Å². The average molecular weight is 240 g/mol. The van der Waals surface area contributed by atoms with Gasteiger partial charge in [0, 0.05) is 12.0 Å². The van der Waals surface area contributed by atoms with E-state index in [1.165, 1.54) is 19.2 Å². The first-order chi connectivity index (χ1) is 7.96. The summed E-state index contributed by atoms with van der Waals surface area (Å²) in [6.07, 6.45) is 0.0270. The number of benzene rings is 1. The van der Waals surface area contributed by atoms with E-state index in [2.05, 4.69) is 4.74 Å². The molecule has 0 fully saturated rings. The third-order valence-electron chi connectivity index (χ3n) is 2.84. The predicted octanol–water partition coefficient (Wildman–Crippen LogP) is 2.08. The van der Waals surface area contributed by atoms with Crippen molar-refractivity contribution in [3.8, 4) is 0 Å². The van der Waals surface area contributed by atoms with Gasteiger partial charge < -0.3 is 4.74 Å². The number of fused-ring (bicyclic) bond motifs is 1. The lowest BCUT2D eigenvalue weighted by Crippen LogP contribution is -2.31. The number of hydrogen-bond donors (Lipinski definition) is 0. The summed E-state index contributed by atoms with van der Waals surface area (Å²) in [6, 6.07) is 3.73. The van der Waals surface area contributed by atoms with Crippen molar-refractivity contribution >= 4 is 11.8 Å². The molecule has 0 saturated carbocycles. The zero-order chi connectivity index (χ0) is 12.6. The quantitative estimate of drug-likeness (QED) is 0.706. The number of hydrogen-bond acceptors (Lipinski definition) is 3. The van der Waals surface area contributed by atoms with E-state index in [1.807, 2.05) is 0 Å². The Balaban J connectivity index is 2.49. The normalized spacial score (nSPS) is 17.5. The van der Waals surface area contributed by atoms with Crippen LogP contribution in [0.1, 0.15) is 27.9 Å². The van der Waals surface area contributed by atoms with Gasteiger partial charge in [-0.05, 0) is 24.1 Å². The van der Waals surface area contributed by atoms with Gasteiger partial charge in [0.2, 0.25) is 5.78 Å². The topological polar surface area (TPSA) is 43.4 Å². The van der Waals surface area contributed by atoms with Gasteiger partial charge in [-0.15, -0.1) is 0 Å². The first-order valence-corrected chi connectivity index (χ1v) is 5.09. The second-order valence-corrected chi connectivity index (χ2v) is 3.86. The lowest BCUT2D eigenvalue weighted by atomic mass is 9.86. The number of methoxy groups -OCH3 is 1. The Kier molecular flexibility index (Phi) is 2.69. The maximum Gasteiger partial charge on any atom is 0.337 e. The van der Waals surface area contributed by atoms with Crippen LogP contribution in [0.3, 0.4) is 0 Å². The van der Waals surface area contributed by atoms with Crippen LogP contribution in [0.5, 0.6) is 0 Å². The molecule has 3 nitrogen and oxygen atoms in total. The minimum Gasteiger partial charge on any atom is -0.465 e. The standard InChI is InChI=1S/C12H10F2O3/c1-17-11(16)8-2-4-9-7(6-8)3-5-10(15)12(9,13)14/h2,4,6H,3,5H2,1H3. The number of Topliss-reactive ketones (excluding diaryl/α,β-unsaturated/α-hetero) is 1. The van der Waals surface area contributed by atoms with Gasteiger partial charge in [-0.1, -0.05) is 6.07 Å². The predicted molar refractivity (Wildman–Crippen MR) is 55.0 cm³/mol. The van der Waals surface area contributed by atoms with Gasteiger partial charge in [-0.3, -0.25) is 4.79 Å². The van der Waals surface area contributed by atoms with Crippen molar-refractivity contribution in [2.75, 3.05) is 7.11 Å². The number of aryl methyl sites for hydroxylation is 1. The van der Waals surface area contributed by atoms with Gasteiger partial charge in [0.25, 0.3) is 0 Å². The summed E-state index contributed by atoms with van der Waals surface area (Å²) < 4.78 is 31.6. The van der Waals surface area contributed by atoms with E-state index in [4.69, 9.17) is 0 Å². The van der Waals surface area contributed by atoms with Crippen LogP contribution in [0, 0.1) is 0 Å². The van der Waals surface area contributed by atoms with Gasteiger partial charge in [-0.25, -0.2) is 4.79 Å². The van der Waals surface area contributed by atoms with E-state index >= 15 is 0 Å². The molecule has 0 spiro atoms. The van der Waals surface area contributed by atoms with Crippen LogP contribution in [0.2, 0.25) is 0 Å². The van der Waals surface area contributed by atoms with Crippen molar-refractivity contribution in [2.24, 2.45) is 0 Å². The highest BCUT2D eigenvalue weighted by atomic mass is 19.3. The molecule has 0 heterocycles. The molecule has 0 amide bonds. The second-order valence-electron chi connectivity index (χ2n) is 3.86. The lowest BCUT2D eigenvalue weighted by molar-refractivity contribution is -0.145. The van der Waals surface area contributed by atoms with E-state index in [0.29, 0.717) is 5.56 Å². The molecule has 0 aliphatic heterocycles. The van der Waals surface area contributed by atoms with E-state index in [9.17, 15) is 18.4 Å². The molecule has 0 aromatic heterocycles. The molecular weight excluding hydrogens is 230 g/mol. The molecule has 0 atom stereocenters. The van der Waals surface area contributed by atoms with Crippen LogP contribution >= 0.6 is 0 Å². The maximum absolute atomic E-state index is 13.5. The SMILES string of the molecule is COC(=O)c1ccc2c(c1)CCC(=O)C2(F)F. The van der Waals surface area contributed by atoms with E-state index in [0.717, 1.165) is 6.07 Å². The zero-order valence-corrected chi connectivity index (χ0v) is 9.13. The molecule has 5 heteroatoms. The number of rotatable bonds is 1. The van der Waals surface area contributed by atoms with Crippen LogP contribution in [-0.4, -0.2) is 18.9 Å². The Morgan fingerprint density at radius 3 is 2.71 bits per heavy atom. The Hall–Kier alpha value is -1.78. The molecule has 2 rings (SSSR count). The summed E-state index contributed by atoms with van der Waals surface area (Å²) in [4.78, 5) is 22.4. The summed E-state index contributed by atoms with van der Waals surface area (Å²) in [5.74, 6) is -5.09. The highest BCUT2D eigenvalue weighted by Gasteiger charge is 2.44. The number of halogens is 2. The Labute approximate surface area is 96.4 Å². The smallest absolute Gasteiger partial charge is 0.337 e. The third kappa shape index (κ3) is 1.81. The molecule has 0 saturated heterocycles. The summed E-state index contributed by atoms with van der Waals surface area (Å²) in [5, 5.41) is 0. The second kappa shape index (κ2) is 3.91. The highest BCUT2D eigenvalue weighted by Crippen LogP contribution is 2.37. The Morgan fingerprint density at radius 1 is 1.35 bits per heavy atom. The van der Waals surface area contributed by atoms with Crippen LogP contribution in [-0.2, 0) is 21.9 Å². The highest BCUT2D eigenvalue weighted by molar-refractivity contribution is 5.92. The van der Waals surface area contributed by atoms with Gasteiger partial charge in [0.1, 0.15) is 0 Å². The molecule has 1 aromatic carbocycles. The molecule has 17 heavy (non-hydrogen) atoms. The summed E-state index contributed by atoms with van der Waals surface area (Å²) in [6.45, 7) is 0. The fourth-order valence-electron chi connectivity index (χ4n) is 1.91. The number of carbonyl (C=O) groups excluding carboxylic acids is 2. The minimum absolute atomic E-state index is 0.204. The van der Waals surface area contributed by atoms with Gasteiger partial charge in [-0.2, -0.15) is 8.78 Å². The van der Waals surface area contributed by atoms with Crippen molar-refractivity contribution < 1.29 is 23.1 Å². The fourth-order valence-corrected chi connectivity index (χ4v) is 1.91. The minimum atomic E-state index is -3.44. The van der Waals surface area contributed by atoms with Gasteiger partial charge >= 0.3 is 11.9 Å². The van der Waals surface area contributed by atoms with Crippen molar-refractivity contribution in [2.45, 2.75) is 18.8 Å². The van der Waals surface area contributed by atoms with E-state index < -0.39 is 17.7 Å². The molecule has 1 aliphatic carbocycles.